The van der Waals surface area contributed by atoms with E-state index in [1.807, 2.05) is 54.6 Å². The van der Waals surface area contributed by atoms with Gasteiger partial charge in [-0.05, 0) is 66.1 Å². The zero-order valence-electron chi connectivity index (χ0n) is 18.8. The first-order valence-corrected chi connectivity index (χ1v) is 12.2. The van der Waals surface area contributed by atoms with Crippen molar-refractivity contribution in [3.8, 4) is 0 Å². The zero-order chi connectivity index (χ0) is 24.1. The number of nitrogens with one attached hydrogen (secondary N) is 2. The number of nitrogens with two attached hydrogens (primary N) is 1. The fraction of sp³-hybridized carbons (Fsp3) is 0.308. The minimum atomic E-state index is -0.412. The van der Waals surface area contributed by atoms with E-state index in [1.54, 1.807) is 11.0 Å². The van der Waals surface area contributed by atoms with Crippen LogP contribution in [0.2, 0.25) is 10.0 Å². The molecule has 178 valence electrons. The average molecular weight is 499 g/mol. The fourth-order valence-electron chi connectivity index (χ4n) is 4.34. The molecule has 2 atom stereocenters. The quantitative estimate of drug-likeness (QED) is 0.459. The molecular weight excluding hydrogens is 471 g/mol. The van der Waals surface area contributed by atoms with Gasteiger partial charge in [0, 0.05) is 41.3 Å². The molecule has 0 aliphatic carbocycles. The largest absolute Gasteiger partial charge is 0.350 e. The number of nitrogens with zero attached hydrogens (tertiary/aromatic N) is 1. The van der Waals surface area contributed by atoms with Gasteiger partial charge in [-0.15, -0.1) is 0 Å². The summed E-state index contributed by atoms with van der Waals surface area (Å²) >= 11 is 12.3. The van der Waals surface area contributed by atoms with E-state index in [0.29, 0.717) is 54.6 Å². The van der Waals surface area contributed by atoms with Crippen LogP contribution in [0.25, 0.3) is 10.8 Å². The molecule has 1 heterocycles. The van der Waals surface area contributed by atoms with Crippen molar-refractivity contribution < 1.29 is 9.59 Å². The van der Waals surface area contributed by atoms with Crippen LogP contribution in [0.3, 0.4) is 0 Å². The van der Waals surface area contributed by atoms with Gasteiger partial charge in [-0.2, -0.15) is 0 Å². The number of fused-ring (bicyclic) bond motifs is 1. The predicted molar refractivity (Wildman–Crippen MR) is 137 cm³/mol. The number of benzene rings is 3. The van der Waals surface area contributed by atoms with E-state index in [9.17, 15) is 9.59 Å². The lowest BCUT2D eigenvalue weighted by Crippen LogP contribution is -2.49. The first kappa shape index (κ1) is 24.5. The van der Waals surface area contributed by atoms with Crippen LogP contribution in [0.1, 0.15) is 28.8 Å². The summed E-state index contributed by atoms with van der Waals surface area (Å²) in [4.78, 5) is 27.8. The van der Waals surface area contributed by atoms with Crippen molar-refractivity contribution in [2.24, 2.45) is 5.73 Å². The fourth-order valence-corrected chi connectivity index (χ4v) is 4.92. The molecule has 0 aromatic heterocycles. The molecule has 1 unspecified atom stereocenters. The van der Waals surface area contributed by atoms with Crippen molar-refractivity contribution >= 4 is 45.8 Å². The molecule has 8 heteroatoms. The van der Waals surface area contributed by atoms with E-state index < -0.39 is 6.04 Å². The van der Waals surface area contributed by atoms with Crippen LogP contribution >= 0.6 is 23.2 Å². The third-order valence-corrected chi connectivity index (χ3v) is 6.50. The third kappa shape index (κ3) is 6.07. The second-order valence-electron chi connectivity index (χ2n) is 8.59. The maximum absolute atomic E-state index is 13.2. The van der Waals surface area contributed by atoms with Crippen LogP contribution in [0.15, 0.2) is 60.7 Å². The summed E-state index contributed by atoms with van der Waals surface area (Å²) < 4.78 is 0. The van der Waals surface area contributed by atoms with E-state index in [-0.39, 0.29) is 17.9 Å². The lowest BCUT2D eigenvalue weighted by Gasteiger charge is -2.24. The first-order chi connectivity index (χ1) is 16.4. The van der Waals surface area contributed by atoms with E-state index in [4.69, 9.17) is 28.9 Å². The Kier molecular flexibility index (Phi) is 8.06. The van der Waals surface area contributed by atoms with Crippen LogP contribution < -0.4 is 16.4 Å². The second-order valence-corrected chi connectivity index (χ2v) is 9.46. The molecule has 0 saturated carbocycles. The van der Waals surface area contributed by atoms with Crippen molar-refractivity contribution in [1.82, 2.24) is 15.5 Å². The number of hydrogen-bond acceptors (Lipinski definition) is 4. The zero-order valence-corrected chi connectivity index (χ0v) is 20.3. The lowest BCUT2D eigenvalue weighted by molar-refractivity contribution is -0.133. The number of amides is 2. The van der Waals surface area contributed by atoms with E-state index >= 15 is 0 Å². The van der Waals surface area contributed by atoms with Crippen molar-refractivity contribution in [2.45, 2.75) is 31.5 Å². The van der Waals surface area contributed by atoms with Crippen molar-refractivity contribution in [2.75, 3.05) is 19.6 Å². The summed E-state index contributed by atoms with van der Waals surface area (Å²) in [6.45, 7) is 1.76. The molecule has 4 N–H and O–H groups in total. The van der Waals surface area contributed by atoms with Crippen molar-refractivity contribution in [1.29, 1.82) is 0 Å². The van der Waals surface area contributed by atoms with Gasteiger partial charge in [0.2, 0.25) is 5.91 Å². The minimum absolute atomic E-state index is 0.00935. The number of halogens is 2. The van der Waals surface area contributed by atoms with Gasteiger partial charge < -0.3 is 21.3 Å². The van der Waals surface area contributed by atoms with Gasteiger partial charge in [0.25, 0.3) is 5.91 Å². The Bertz CT molecular complexity index is 1170. The van der Waals surface area contributed by atoms with Gasteiger partial charge in [0.05, 0.1) is 6.04 Å². The SMILES string of the molecule is NCCC1N[C@H](CNC(=O)c2ccc3ccccc3c2)CCN(Cc2cc(Cl)cc(Cl)c2)C1=O. The number of carbonyl (C=O) groups excluding carboxylic acids is 2. The van der Waals surface area contributed by atoms with Gasteiger partial charge in [-0.25, -0.2) is 0 Å². The van der Waals surface area contributed by atoms with E-state index in [0.717, 1.165) is 16.3 Å². The molecule has 3 aromatic rings. The monoisotopic (exact) mass is 498 g/mol. The molecule has 1 saturated heterocycles. The molecule has 1 aliphatic rings. The number of hydrogen-bond donors (Lipinski definition) is 3. The lowest BCUT2D eigenvalue weighted by atomic mass is 10.1. The van der Waals surface area contributed by atoms with Gasteiger partial charge in [-0.3, -0.25) is 9.59 Å². The standard InChI is InChI=1S/C26H28Cl2N4O2/c27-21-11-17(12-22(28)14-21)16-32-10-8-23(31-24(7-9-29)26(32)34)15-30-25(33)20-6-5-18-3-1-2-4-19(18)13-20/h1-6,11-14,23-24,31H,7-10,15-16,29H2,(H,30,33)/t23-,24?/m0/s1. The molecular formula is C26H28Cl2N4O2. The third-order valence-electron chi connectivity index (χ3n) is 6.07. The minimum Gasteiger partial charge on any atom is -0.350 e. The van der Waals surface area contributed by atoms with Gasteiger partial charge in [0.1, 0.15) is 0 Å². The molecule has 0 bridgehead atoms. The highest BCUT2D eigenvalue weighted by Gasteiger charge is 2.30. The molecule has 0 spiro atoms. The summed E-state index contributed by atoms with van der Waals surface area (Å²) in [6, 6.07) is 18.4. The molecule has 2 amide bonds. The summed E-state index contributed by atoms with van der Waals surface area (Å²) in [5, 5.41) is 9.61. The Morgan fingerprint density at radius 2 is 1.79 bits per heavy atom. The summed E-state index contributed by atoms with van der Waals surface area (Å²) in [6.07, 6.45) is 1.21. The molecule has 6 nitrogen and oxygen atoms in total. The Morgan fingerprint density at radius 1 is 1.06 bits per heavy atom. The summed E-state index contributed by atoms with van der Waals surface area (Å²) in [5.74, 6) is -0.145. The topological polar surface area (TPSA) is 87.5 Å². The predicted octanol–water partition coefficient (Wildman–Crippen LogP) is 3.98. The Morgan fingerprint density at radius 3 is 2.53 bits per heavy atom. The van der Waals surface area contributed by atoms with Gasteiger partial charge in [0.15, 0.2) is 0 Å². The molecule has 1 aliphatic heterocycles. The smallest absolute Gasteiger partial charge is 0.251 e. The highest BCUT2D eigenvalue weighted by atomic mass is 35.5. The van der Waals surface area contributed by atoms with Crippen LogP contribution in [0.5, 0.6) is 0 Å². The van der Waals surface area contributed by atoms with Crippen LogP contribution in [0.4, 0.5) is 0 Å². The molecule has 4 rings (SSSR count). The average Bonchev–Trinajstić information content (AvgIpc) is 2.96. The summed E-state index contributed by atoms with van der Waals surface area (Å²) in [7, 11) is 0. The maximum atomic E-state index is 13.2. The Balaban J connectivity index is 1.42. The Hall–Kier alpha value is -2.64. The van der Waals surface area contributed by atoms with Gasteiger partial charge in [-0.1, -0.05) is 53.5 Å². The molecule has 34 heavy (non-hydrogen) atoms. The van der Waals surface area contributed by atoms with Crippen molar-refractivity contribution in [3.63, 3.8) is 0 Å². The maximum Gasteiger partial charge on any atom is 0.251 e. The van der Waals surface area contributed by atoms with E-state index in [1.165, 1.54) is 0 Å². The second kappa shape index (κ2) is 11.2. The van der Waals surface area contributed by atoms with E-state index in [2.05, 4.69) is 10.6 Å². The van der Waals surface area contributed by atoms with Crippen LogP contribution in [-0.4, -0.2) is 48.4 Å². The highest BCUT2D eigenvalue weighted by Crippen LogP contribution is 2.22. The van der Waals surface area contributed by atoms with Gasteiger partial charge >= 0.3 is 0 Å². The number of carbonyl (C=O) groups is 2. The normalized spacial score (nSPS) is 18.7. The molecule has 1 fully saturated rings. The first-order valence-electron chi connectivity index (χ1n) is 11.4. The summed E-state index contributed by atoms with van der Waals surface area (Å²) in [5.41, 5.74) is 7.27. The molecule has 0 radical (unpaired) electrons. The molecule has 3 aromatic carbocycles. The highest BCUT2D eigenvalue weighted by molar-refractivity contribution is 6.34. The van der Waals surface area contributed by atoms with Crippen LogP contribution in [-0.2, 0) is 11.3 Å². The van der Waals surface area contributed by atoms with Crippen molar-refractivity contribution in [3.05, 3.63) is 81.8 Å². The Labute approximate surface area is 209 Å². The number of rotatable bonds is 7. The van der Waals surface area contributed by atoms with Crippen LogP contribution in [0, 0.1) is 0 Å².